The highest BCUT2D eigenvalue weighted by Gasteiger charge is 2.20. The first-order valence-corrected chi connectivity index (χ1v) is 6.98. The molecule has 0 atom stereocenters. The van der Waals surface area contributed by atoms with Crippen molar-refractivity contribution in [2.24, 2.45) is 5.92 Å². The van der Waals surface area contributed by atoms with E-state index in [0.717, 1.165) is 12.5 Å². The van der Waals surface area contributed by atoms with Crippen LogP contribution in [0.25, 0.3) is 0 Å². The first-order valence-electron chi connectivity index (χ1n) is 6.98. The van der Waals surface area contributed by atoms with Gasteiger partial charge in [0.05, 0.1) is 6.10 Å². The molecule has 0 aromatic rings. The second-order valence-corrected chi connectivity index (χ2v) is 5.01. The van der Waals surface area contributed by atoms with Gasteiger partial charge in [-0.05, 0) is 38.0 Å². The van der Waals surface area contributed by atoms with Gasteiger partial charge in [0.25, 0.3) is 0 Å². The van der Waals surface area contributed by atoms with Crippen molar-refractivity contribution in [3.05, 3.63) is 0 Å². The zero-order valence-electron chi connectivity index (χ0n) is 10.6. The fourth-order valence-corrected chi connectivity index (χ4v) is 2.60. The molecule has 15 heavy (non-hydrogen) atoms. The van der Waals surface area contributed by atoms with E-state index in [1.54, 1.807) is 0 Å². The lowest BCUT2D eigenvalue weighted by molar-refractivity contribution is 0.0154. The molecule has 0 heterocycles. The maximum absolute atomic E-state index is 5.91. The molecule has 0 amide bonds. The lowest BCUT2D eigenvalue weighted by Gasteiger charge is -2.28. The van der Waals surface area contributed by atoms with Gasteiger partial charge in [0.2, 0.25) is 0 Å². The van der Waals surface area contributed by atoms with Gasteiger partial charge in [-0.15, -0.1) is 0 Å². The van der Waals surface area contributed by atoms with Gasteiger partial charge in [-0.25, -0.2) is 0 Å². The molecular weight excluding hydrogens is 184 g/mol. The molecule has 0 radical (unpaired) electrons. The minimum atomic E-state index is 0.593. The average molecular weight is 212 g/mol. The van der Waals surface area contributed by atoms with Gasteiger partial charge in [0.15, 0.2) is 0 Å². The standard InChI is InChI=1S/C14H28O/c1-3-5-6-12-15-14-10-8-13(7-4-2)9-11-14/h13-14H,3-12H2,1-2H3. The van der Waals surface area contributed by atoms with Crippen molar-refractivity contribution in [2.75, 3.05) is 6.61 Å². The summed E-state index contributed by atoms with van der Waals surface area (Å²) in [5, 5.41) is 0. The highest BCUT2D eigenvalue weighted by Crippen LogP contribution is 2.29. The van der Waals surface area contributed by atoms with Crippen LogP contribution in [0.15, 0.2) is 0 Å². The largest absolute Gasteiger partial charge is 0.378 e. The van der Waals surface area contributed by atoms with Gasteiger partial charge in [-0.3, -0.25) is 0 Å². The molecule has 0 aliphatic heterocycles. The Morgan fingerprint density at radius 2 is 1.67 bits per heavy atom. The maximum atomic E-state index is 5.91. The van der Waals surface area contributed by atoms with Gasteiger partial charge in [-0.1, -0.05) is 39.5 Å². The zero-order chi connectivity index (χ0) is 10.9. The molecule has 1 rings (SSSR count). The molecule has 0 spiro atoms. The normalized spacial score (nSPS) is 26.8. The lowest BCUT2D eigenvalue weighted by Crippen LogP contribution is -2.22. The highest BCUT2D eigenvalue weighted by atomic mass is 16.5. The summed E-state index contributed by atoms with van der Waals surface area (Å²) in [7, 11) is 0. The molecule has 1 aliphatic carbocycles. The van der Waals surface area contributed by atoms with Crippen molar-refractivity contribution in [3.63, 3.8) is 0 Å². The summed E-state index contributed by atoms with van der Waals surface area (Å²) in [5.41, 5.74) is 0. The van der Waals surface area contributed by atoms with Crippen LogP contribution >= 0.6 is 0 Å². The third kappa shape index (κ3) is 5.55. The Morgan fingerprint density at radius 1 is 0.933 bits per heavy atom. The van der Waals surface area contributed by atoms with E-state index >= 15 is 0 Å². The Hall–Kier alpha value is -0.0400. The fourth-order valence-electron chi connectivity index (χ4n) is 2.60. The average Bonchev–Trinajstić information content (AvgIpc) is 2.27. The summed E-state index contributed by atoms with van der Waals surface area (Å²) in [6, 6.07) is 0. The molecule has 0 unspecified atom stereocenters. The number of hydrogen-bond acceptors (Lipinski definition) is 1. The van der Waals surface area contributed by atoms with Gasteiger partial charge in [-0.2, -0.15) is 0 Å². The fraction of sp³-hybridized carbons (Fsp3) is 1.00. The second-order valence-electron chi connectivity index (χ2n) is 5.01. The number of hydrogen-bond donors (Lipinski definition) is 0. The van der Waals surface area contributed by atoms with Crippen LogP contribution in [0.2, 0.25) is 0 Å². The third-order valence-electron chi connectivity index (χ3n) is 3.59. The monoisotopic (exact) mass is 212 g/mol. The summed E-state index contributed by atoms with van der Waals surface area (Å²) in [5.74, 6) is 1.01. The molecule has 1 nitrogen and oxygen atoms in total. The van der Waals surface area contributed by atoms with E-state index in [9.17, 15) is 0 Å². The predicted molar refractivity (Wildman–Crippen MR) is 66.1 cm³/mol. The Kier molecular flexibility index (Phi) is 7.08. The molecular formula is C14H28O. The topological polar surface area (TPSA) is 9.23 Å². The predicted octanol–water partition coefficient (Wildman–Crippen LogP) is 4.55. The third-order valence-corrected chi connectivity index (χ3v) is 3.59. The van der Waals surface area contributed by atoms with Crippen molar-refractivity contribution in [1.82, 2.24) is 0 Å². The van der Waals surface area contributed by atoms with Crippen molar-refractivity contribution in [3.8, 4) is 0 Å². The van der Waals surface area contributed by atoms with E-state index in [1.807, 2.05) is 0 Å². The molecule has 1 aliphatic rings. The van der Waals surface area contributed by atoms with Crippen LogP contribution in [-0.2, 0) is 4.74 Å². The molecule has 1 heteroatoms. The van der Waals surface area contributed by atoms with Crippen molar-refractivity contribution in [1.29, 1.82) is 0 Å². The summed E-state index contributed by atoms with van der Waals surface area (Å²) in [6.45, 7) is 5.54. The van der Waals surface area contributed by atoms with E-state index in [2.05, 4.69) is 13.8 Å². The maximum Gasteiger partial charge on any atom is 0.0575 e. The van der Waals surface area contributed by atoms with E-state index in [4.69, 9.17) is 4.74 Å². The summed E-state index contributed by atoms with van der Waals surface area (Å²) in [6.07, 6.45) is 12.7. The molecule has 0 aromatic heterocycles. The Bertz CT molecular complexity index is 134. The Morgan fingerprint density at radius 3 is 2.27 bits per heavy atom. The van der Waals surface area contributed by atoms with E-state index in [0.29, 0.717) is 6.10 Å². The van der Waals surface area contributed by atoms with Crippen molar-refractivity contribution in [2.45, 2.75) is 77.7 Å². The van der Waals surface area contributed by atoms with E-state index in [-0.39, 0.29) is 0 Å². The van der Waals surface area contributed by atoms with E-state index < -0.39 is 0 Å². The molecule has 0 aromatic carbocycles. The van der Waals surface area contributed by atoms with Crippen LogP contribution in [0.1, 0.15) is 71.6 Å². The molecule has 0 bridgehead atoms. The summed E-state index contributed by atoms with van der Waals surface area (Å²) in [4.78, 5) is 0. The molecule has 0 saturated heterocycles. The number of rotatable bonds is 7. The van der Waals surface area contributed by atoms with E-state index in [1.165, 1.54) is 57.8 Å². The summed E-state index contributed by atoms with van der Waals surface area (Å²) >= 11 is 0. The number of unbranched alkanes of at least 4 members (excludes halogenated alkanes) is 2. The Labute approximate surface area is 95.6 Å². The molecule has 1 fully saturated rings. The highest BCUT2D eigenvalue weighted by molar-refractivity contribution is 4.72. The number of ether oxygens (including phenoxy) is 1. The Balaban J connectivity index is 1.99. The van der Waals surface area contributed by atoms with Crippen LogP contribution in [0, 0.1) is 5.92 Å². The summed E-state index contributed by atoms with van der Waals surface area (Å²) < 4.78 is 5.91. The van der Waals surface area contributed by atoms with Crippen LogP contribution in [0.4, 0.5) is 0 Å². The SMILES string of the molecule is CCCCCOC1CCC(CCC)CC1. The van der Waals surface area contributed by atoms with Gasteiger partial charge >= 0.3 is 0 Å². The van der Waals surface area contributed by atoms with Crippen LogP contribution < -0.4 is 0 Å². The van der Waals surface area contributed by atoms with Gasteiger partial charge in [0.1, 0.15) is 0 Å². The van der Waals surface area contributed by atoms with Crippen molar-refractivity contribution < 1.29 is 4.74 Å². The minimum absolute atomic E-state index is 0.593. The molecule has 90 valence electrons. The first-order chi connectivity index (χ1) is 7.36. The molecule has 1 saturated carbocycles. The van der Waals surface area contributed by atoms with Crippen LogP contribution in [0.5, 0.6) is 0 Å². The van der Waals surface area contributed by atoms with Crippen LogP contribution in [-0.4, -0.2) is 12.7 Å². The van der Waals surface area contributed by atoms with Gasteiger partial charge < -0.3 is 4.74 Å². The smallest absolute Gasteiger partial charge is 0.0575 e. The second kappa shape index (κ2) is 8.15. The lowest BCUT2D eigenvalue weighted by atomic mass is 9.85. The molecule has 0 N–H and O–H groups in total. The van der Waals surface area contributed by atoms with Crippen LogP contribution in [0.3, 0.4) is 0 Å². The van der Waals surface area contributed by atoms with Gasteiger partial charge in [0, 0.05) is 6.61 Å². The quantitative estimate of drug-likeness (QED) is 0.562. The zero-order valence-corrected chi connectivity index (χ0v) is 10.6. The van der Waals surface area contributed by atoms with Crippen molar-refractivity contribution >= 4 is 0 Å². The minimum Gasteiger partial charge on any atom is -0.378 e. The first kappa shape index (κ1) is 13.0.